The number of carbonyl (C=O) groups is 1. The van der Waals surface area contributed by atoms with E-state index in [-0.39, 0.29) is 5.91 Å². The Morgan fingerprint density at radius 3 is 2.62 bits per heavy atom. The predicted octanol–water partition coefficient (Wildman–Crippen LogP) is 1.24. The van der Waals surface area contributed by atoms with Crippen LogP contribution in [0.25, 0.3) is 0 Å². The summed E-state index contributed by atoms with van der Waals surface area (Å²) in [6.07, 6.45) is 0.596. The second-order valence-corrected chi connectivity index (χ2v) is 4.01. The van der Waals surface area contributed by atoms with E-state index >= 15 is 0 Å². The molecule has 2 N–H and O–H groups in total. The van der Waals surface area contributed by atoms with Gasteiger partial charge in [0.25, 0.3) is 0 Å². The summed E-state index contributed by atoms with van der Waals surface area (Å²) in [4.78, 5) is 11.6. The van der Waals surface area contributed by atoms with E-state index in [1.807, 2.05) is 24.3 Å². The second kappa shape index (κ2) is 4.99. The van der Waals surface area contributed by atoms with E-state index < -0.39 is 0 Å². The molecule has 1 saturated heterocycles. The zero-order chi connectivity index (χ0) is 11.4. The summed E-state index contributed by atoms with van der Waals surface area (Å²) in [6, 6.07) is 7.35. The van der Waals surface area contributed by atoms with Gasteiger partial charge in [-0.2, -0.15) is 0 Å². The first-order valence-corrected chi connectivity index (χ1v) is 5.42. The van der Waals surface area contributed by atoms with Crippen molar-refractivity contribution in [1.82, 2.24) is 5.32 Å². The molecule has 0 radical (unpaired) electrons. The van der Waals surface area contributed by atoms with Crippen LogP contribution in [0.4, 0.5) is 5.69 Å². The van der Waals surface area contributed by atoms with Crippen LogP contribution < -0.4 is 15.4 Å². The number of nitrogens with one attached hydrogen (secondary N) is 2. The van der Waals surface area contributed by atoms with Crippen LogP contribution in [-0.2, 0) is 4.79 Å². The van der Waals surface area contributed by atoms with E-state index in [9.17, 15) is 4.79 Å². The summed E-state index contributed by atoms with van der Waals surface area (Å²) in [7, 11) is 1.62. The SMILES string of the molecule is COc1ccc(NC(=O)CC2CNC2)cc1. The lowest BCUT2D eigenvalue weighted by Gasteiger charge is -2.26. The lowest BCUT2D eigenvalue weighted by molar-refractivity contribution is -0.117. The van der Waals surface area contributed by atoms with Gasteiger partial charge in [-0.3, -0.25) is 4.79 Å². The molecular formula is C12H16N2O2. The Bertz CT molecular complexity index is 358. The molecule has 0 atom stereocenters. The Balaban J connectivity index is 1.84. The van der Waals surface area contributed by atoms with Gasteiger partial charge in [0.15, 0.2) is 0 Å². The summed E-state index contributed by atoms with van der Waals surface area (Å²) < 4.78 is 5.04. The largest absolute Gasteiger partial charge is 0.497 e. The molecule has 1 aromatic rings. The van der Waals surface area contributed by atoms with Crippen LogP contribution in [0.5, 0.6) is 5.75 Å². The van der Waals surface area contributed by atoms with Crippen molar-refractivity contribution in [3.8, 4) is 5.75 Å². The first kappa shape index (κ1) is 11.0. The number of amides is 1. The number of carbonyl (C=O) groups excluding carboxylic acids is 1. The number of hydrogen-bond acceptors (Lipinski definition) is 3. The third kappa shape index (κ3) is 2.73. The van der Waals surface area contributed by atoms with Crippen molar-refractivity contribution in [2.24, 2.45) is 5.92 Å². The van der Waals surface area contributed by atoms with Gasteiger partial charge in [-0.25, -0.2) is 0 Å². The van der Waals surface area contributed by atoms with E-state index in [0.717, 1.165) is 24.5 Å². The van der Waals surface area contributed by atoms with E-state index in [4.69, 9.17) is 4.74 Å². The zero-order valence-corrected chi connectivity index (χ0v) is 9.32. The molecule has 86 valence electrons. The van der Waals surface area contributed by atoms with Gasteiger partial charge in [0.2, 0.25) is 5.91 Å². The highest BCUT2D eigenvalue weighted by Gasteiger charge is 2.19. The van der Waals surface area contributed by atoms with Gasteiger partial charge in [0, 0.05) is 12.1 Å². The molecule has 0 bridgehead atoms. The summed E-state index contributed by atoms with van der Waals surface area (Å²) >= 11 is 0. The molecule has 0 saturated carbocycles. The number of anilines is 1. The Morgan fingerprint density at radius 1 is 1.44 bits per heavy atom. The molecule has 0 aromatic heterocycles. The summed E-state index contributed by atoms with van der Waals surface area (Å²) in [5.74, 6) is 1.37. The Morgan fingerprint density at radius 2 is 2.12 bits per heavy atom. The normalized spacial score (nSPS) is 15.3. The van der Waals surface area contributed by atoms with Gasteiger partial charge in [-0.05, 0) is 43.3 Å². The Kier molecular flexibility index (Phi) is 3.41. The minimum atomic E-state index is 0.0802. The van der Waals surface area contributed by atoms with Crippen LogP contribution in [0.1, 0.15) is 6.42 Å². The lowest BCUT2D eigenvalue weighted by atomic mass is 9.99. The lowest BCUT2D eigenvalue weighted by Crippen LogP contribution is -2.43. The topological polar surface area (TPSA) is 50.4 Å². The molecule has 1 amide bonds. The minimum absolute atomic E-state index is 0.0802. The zero-order valence-electron chi connectivity index (χ0n) is 9.32. The second-order valence-electron chi connectivity index (χ2n) is 4.01. The van der Waals surface area contributed by atoms with Crippen LogP contribution in [-0.4, -0.2) is 26.1 Å². The van der Waals surface area contributed by atoms with Crippen molar-refractivity contribution in [2.45, 2.75) is 6.42 Å². The van der Waals surface area contributed by atoms with Crippen molar-refractivity contribution in [3.05, 3.63) is 24.3 Å². The van der Waals surface area contributed by atoms with Crippen molar-refractivity contribution in [2.75, 3.05) is 25.5 Å². The Labute approximate surface area is 95.0 Å². The molecule has 2 rings (SSSR count). The van der Waals surface area contributed by atoms with Crippen LogP contribution in [0.15, 0.2) is 24.3 Å². The minimum Gasteiger partial charge on any atom is -0.497 e. The molecule has 1 fully saturated rings. The third-order valence-electron chi connectivity index (χ3n) is 2.71. The number of ether oxygens (including phenoxy) is 1. The van der Waals surface area contributed by atoms with Crippen LogP contribution in [0.2, 0.25) is 0 Å². The van der Waals surface area contributed by atoms with Gasteiger partial charge in [-0.1, -0.05) is 0 Å². The number of benzene rings is 1. The molecule has 0 unspecified atom stereocenters. The molecule has 4 nitrogen and oxygen atoms in total. The molecule has 1 aromatic carbocycles. The molecule has 4 heteroatoms. The smallest absolute Gasteiger partial charge is 0.224 e. The van der Waals surface area contributed by atoms with Crippen molar-refractivity contribution in [1.29, 1.82) is 0 Å². The van der Waals surface area contributed by atoms with Gasteiger partial charge in [0.1, 0.15) is 5.75 Å². The first-order valence-electron chi connectivity index (χ1n) is 5.42. The van der Waals surface area contributed by atoms with Crippen molar-refractivity contribution >= 4 is 11.6 Å². The summed E-state index contributed by atoms with van der Waals surface area (Å²) in [5.41, 5.74) is 0.818. The van der Waals surface area contributed by atoms with E-state index in [2.05, 4.69) is 10.6 Å². The van der Waals surface area contributed by atoms with E-state index in [1.54, 1.807) is 7.11 Å². The molecule has 0 spiro atoms. The number of rotatable bonds is 4. The average molecular weight is 220 g/mol. The molecule has 16 heavy (non-hydrogen) atoms. The van der Waals surface area contributed by atoms with E-state index in [0.29, 0.717) is 12.3 Å². The maximum atomic E-state index is 11.6. The van der Waals surface area contributed by atoms with Crippen molar-refractivity contribution in [3.63, 3.8) is 0 Å². The highest BCUT2D eigenvalue weighted by molar-refractivity contribution is 5.90. The summed E-state index contributed by atoms with van der Waals surface area (Å²) in [5, 5.41) is 6.02. The van der Waals surface area contributed by atoms with Crippen LogP contribution in [0.3, 0.4) is 0 Å². The molecule has 0 aliphatic carbocycles. The first-order chi connectivity index (χ1) is 7.78. The fourth-order valence-electron chi connectivity index (χ4n) is 1.64. The van der Waals surface area contributed by atoms with Gasteiger partial charge in [0.05, 0.1) is 7.11 Å². The molecule has 1 heterocycles. The molecule has 1 aliphatic rings. The number of hydrogen-bond donors (Lipinski definition) is 2. The Hall–Kier alpha value is -1.55. The highest BCUT2D eigenvalue weighted by Crippen LogP contribution is 2.16. The fraction of sp³-hybridized carbons (Fsp3) is 0.417. The monoisotopic (exact) mass is 220 g/mol. The third-order valence-corrected chi connectivity index (χ3v) is 2.71. The van der Waals surface area contributed by atoms with Gasteiger partial charge in [-0.15, -0.1) is 0 Å². The highest BCUT2D eigenvalue weighted by atomic mass is 16.5. The number of methoxy groups -OCH3 is 1. The molecular weight excluding hydrogens is 204 g/mol. The predicted molar refractivity (Wildman–Crippen MR) is 62.6 cm³/mol. The van der Waals surface area contributed by atoms with Gasteiger partial charge >= 0.3 is 0 Å². The average Bonchev–Trinajstić information content (AvgIpc) is 2.25. The summed E-state index contributed by atoms with van der Waals surface area (Å²) in [6.45, 7) is 1.91. The van der Waals surface area contributed by atoms with Crippen molar-refractivity contribution < 1.29 is 9.53 Å². The molecule has 1 aliphatic heterocycles. The maximum absolute atomic E-state index is 11.6. The fourth-order valence-corrected chi connectivity index (χ4v) is 1.64. The maximum Gasteiger partial charge on any atom is 0.224 e. The van der Waals surface area contributed by atoms with Crippen LogP contribution in [0, 0.1) is 5.92 Å². The van der Waals surface area contributed by atoms with Crippen LogP contribution >= 0.6 is 0 Å². The quantitative estimate of drug-likeness (QED) is 0.802. The van der Waals surface area contributed by atoms with E-state index in [1.165, 1.54) is 0 Å². The standard InChI is InChI=1S/C12H16N2O2/c1-16-11-4-2-10(3-5-11)14-12(15)6-9-7-13-8-9/h2-5,9,13H,6-8H2,1H3,(H,14,15). The van der Waals surface area contributed by atoms with Gasteiger partial charge < -0.3 is 15.4 Å².